The highest BCUT2D eigenvalue weighted by atomic mass is 35.5. The molecule has 33 heavy (non-hydrogen) atoms. The van der Waals surface area contributed by atoms with E-state index in [1.807, 2.05) is 0 Å². The first-order valence-corrected chi connectivity index (χ1v) is 10.8. The van der Waals surface area contributed by atoms with Gasteiger partial charge >= 0.3 is 5.97 Å². The smallest absolute Gasteiger partial charge is 0.343 e. The van der Waals surface area contributed by atoms with Gasteiger partial charge < -0.3 is 19.9 Å². The highest BCUT2D eigenvalue weighted by molar-refractivity contribution is 8.18. The number of primary amides is 1. The van der Waals surface area contributed by atoms with Crippen LogP contribution in [0.4, 0.5) is 4.79 Å². The lowest BCUT2D eigenvalue weighted by Gasteiger charge is -2.14. The average Bonchev–Trinajstić information content (AvgIpc) is 3.03. The Labute approximate surface area is 198 Å². The van der Waals surface area contributed by atoms with Gasteiger partial charge in [-0.1, -0.05) is 11.6 Å². The van der Waals surface area contributed by atoms with Gasteiger partial charge in [-0.3, -0.25) is 19.3 Å². The Hall–Kier alpha value is -3.50. The van der Waals surface area contributed by atoms with Gasteiger partial charge in [-0.15, -0.1) is 0 Å². The summed E-state index contributed by atoms with van der Waals surface area (Å²) >= 11 is 7.03. The number of imide groups is 1. The number of nitrogens with two attached hydrogens (primary N) is 1. The number of rotatable bonds is 8. The Morgan fingerprint density at radius 1 is 1.18 bits per heavy atom. The third-order valence-electron chi connectivity index (χ3n) is 4.34. The molecule has 11 heteroatoms. The standard InChI is InChI=1S/C22H19ClN2O7S/c1-3-31-16-9-12(10-17-20(27)25(11-18(24)26)22(29)33-17)8-15(23)19(16)32-21(28)13-4-6-14(30-2)7-5-13/h4-10H,3,11H2,1-2H3,(H2,24,26)/b17-10-. The van der Waals surface area contributed by atoms with Crippen LogP contribution in [0.5, 0.6) is 17.2 Å². The molecule has 0 aromatic heterocycles. The topological polar surface area (TPSA) is 125 Å². The van der Waals surface area contributed by atoms with Crippen molar-refractivity contribution < 1.29 is 33.4 Å². The van der Waals surface area contributed by atoms with Crippen LogP contribution in [0.2, 0.25) is 5.02 Å². The van der Waals surface area contributed by atoms with Gasteiger partial charge in [0.15, 0.2) is 11.5 Å². The fraction of sp³-hybridized carbons (Fsp3) is 0.182. The van der Waals surface area contributed by atoms with Crippen molar-refractivity contribution in [1.29, 1.82) is 0 Å². The second-order valence-electron chi connectivity index (χ2n) is 6.62. The minimum Gasteiger partial charge on any atom is -0.497 e. The molecular weight excluding hydrogens is 472 g/mol. The predicted octanol–water partition coefficient (Wildman–Crippen LogP) is 3.49. The van der Waals surface area contributed by atoms with E-state index >= 15 is 0 Å². The second kappa shape index (κ2) is 10.4. The van der Waals surface area contributed by atoms with Crippen LogP contribution in [-0.2, 0) is 9.59 Å². The number of hydrogen-bond donors (Lipinski definition) is 1. The van der Waals surface area contributed by atoms with Gasteiger partial charge in [0.2, 0.25) is 5.91 Å². The van der Waals surface area contributed by atoms with E-state index in [9.17, 15) is 19.2 Å². The summed E-state index contributed by atoms with van der Waals surface area (Å²) in [7, 11) is 1.52. The Balaban J connectivity index is 1.88. The summed E-state index contributed by atoms with van der Waals surface area (Å²) < 4.78 is 16.1. The summed E-state index contributed by atoms with van der Waals surface area (Å²) in [6.07, 6.45) is 1.43. The number of methoxy groups -OCH3 is 1. The number of thioether (sulfide) groups is 1. The van der Waals surface area contributed by atoms with E-state index in [2.05, 4.69) is 0 Å². The SMILES string of the molecule is CCOc1cc(/C=C2\SC(=O)N(CC(N)=O)C2=O)cc(Cl)c1OC(=O)c1ccc(OC)cc1. The third-order valence-corrected chi connectivity index (χ3v) is 5.53. The van der Waals surface area contributed by atoms with E-state index in [0.29, 0.717) is 23.1 Å². The molecule has 3 rings (SSSR count). The molecule has 2 aromatic carbocycles. The van der Waals surface area contributed by atoms with Crippen molar-refractivity contribution in [3.63, 3.8) is 0 Å². The normalized spacial score (nSPS) is 14.5. The number of amides is 3. The largest absolute Gasteiger partial charge is 0.497 e. The monoisotopic (exact) mass is 490 g/mol. The number of halogens is 1. The minimum absolute atomic E-state index is 0.0123. The lowest BCUT2D eigenvalue weighted by Crippen LogP contribution is -2.36. The van der Waals surface area contributed by atoms with Crippen molar-refractivity contribution in [1.82, 2.24) is 4.90 Å². The van der Waals surface area contributed by atoms with Crippen LogP contribution >= 0.6 is 23.4 Å². The molecule has 1 fully saturated rings. The van der Waals surface area contributed by atoms with Crippen LogP contribution < -0.4 is 19.9 Å². The Bertz CT molecular complexity index is 1150. The number of hydrogen-bond acceptors (Lipinski definition) is 8. The summed E-state index contributed by atoms with van der Waals surface area (Å²) in [6.45, 7) is 1.49. The first-order valence-electron chi connectivity index (χ1n) is 9.59. The molecule has 3 amide bonds. The van der Waals surface area contributed by atoms with Gasteiger partial charge in [-0.05, 0) is 66.7 Å². The lowest BCUT2D eigenvalue weighted by atomic mass is 10.1. The van der Waals surface area contributed by atoms with E-state index in [1.165, 1.54) is 25.3 Å². The Morgan fingerprint density at radius 2 is 1.88 bits per heavy atom. The van der Waals surface area contributed by atoms with E-state index in [-0.39, 0.29) is 33.6 Å². The van der Waals surface area contributed by atoms with Crippen LogP contribution in [0.1, 0.15) is 22.8 Å². The molecule has 172 valence electrons. The molecule has 1 aliphatic heterocycles. The highest BCUT2D eigenvalue weighted by Gasteiger charge is 2.36. The minimum atomic E-state index is -0.803. The maximum Gasteiger partial charge on any atom is 0.343 e. The van der Waals surface area contributed by atoms with Crippen molar-refractivity contribution >= 4 is 52.5 Å². The molecule has 0 radical (unpaired) electrons. The number of esters is 1. The quantitative estimate of drug-likeness (QED) is 0.338. The molecule has 0 bridgehead atoms. The fourth-order valence-corrected chi connectivity index (χ4v) is 3.95. The van der Waals surface area contributed by atoms with Crippen LogP contribution in [0.15, 0.2) is 41.3 Å². The summed E-state index contributed by atoms with van der Waals surface area (Å²) in [5.74, 6) is -1.33. The molecule has 0 unspecified atom stereocenters. The molecular formula is C22H19ClN2O7S. The zero-order valence-electron chi connectivity index (χ0n) is 17.6. The molecule has 0 aliphatic carbocycles. The maximum atomic E-state index is 12.6. The molecule has 0 atom stereocenters. The van der Waals surface area contributed by atoms with Gasteiger partial charge in [0.1, 0.15) is 12.3 Å². The number of nitrogens with zero attached hydrogens (tertiary/aromatic N) is 1. The molecule has 2 N–H and O–H groups in total. The van der Waals surface area contributed by atoms with E-state index < -0.39 is 29.6 Å². The van der Waals surface area contributed by atoms with Crippen LogP contribution in [-0.4, -0.2) is 48.2 Å². The molecule has 1 aliphatic rings. The van der Waals surface area contributed by atoms with Gasteiger partial charge in [0.05, 0.1) is 29.2 Å². The molecule has 0 saturated carbocycles. The molecule has 0 spiro atoms. The predicted molar refractivity (Wildman–Crippen MR) is 122 cm³/mol. The van der Waals surface area contributed by atoms with E-state index in [0.717, 1.165) is 4.90 Å². The van der Waals surface area contributed by atoms with E-state index in [4.69, 9.17) is 31.5 Å². The molecule has 1 saturated heterocycles. The highest BCUT2D eigenvalue weighted by Crippen LogP contribution is 2.39. The Kier molecular flexibility index (Phi) is 7.62. The van der Waals surface area contributed by atoms with Crippen LogP contribution in [0.3, 0.4) is 0 Å². The number of carbonyl (C=O) groups excluding carboxylic acids is 4. The first kappa shape index (κ1) is 24.1. The van der Waals surface area contributed by atoms with Crippen molar-refractivity contribution in [3.05, 3.63) is 57.5 Å². The lowest BCUT2D eigenvalue weighted by molar-refractivity contribution is -0.127. The number of benzene rings is 2. The van der Waals surface area contributed by atoms with Crippen LogP contribution in [0.25, 0.3) is 6.08 Å². The Morgan fingerprint density at radius 3 is 2.48 bits per heavy atom. The molecule has 1 heterocycles. The van der Waals surface area contributed by atoms with Gasteiger partial charge in [-0.25, -0.2) is 4.79 Å². The van der Waals surface area contributed by atoms with Crippen molar-refractivity contribution in [2.75, 3.05) is 20.3 Å². The number of carbonyl (C=O) groups is 4. The zero-order chi connectivity index (χ0) is 24.1. The van der Waals surface area contributed by atoms with Crippen molar-refractivity contribution in [2.24, 2.45) is 5.73 Å². The van der Waals surface area contributed by atoms with Crippen molar-refractivity contribution in [2.45, 2.75) is 6.92 Å². The second-order valence-corrected chi connectivity index (χ2v) is 8.02. The van der Waals surface area contributed by atoms with Gasteiger partial charge in [0, 0.05) is 0 Å². The zero-order valence-corrected chi connectivity index (χ0v) is 19.2. The molecule has 9 nitrogen and oxygen atoms in total. The summed E-state index contributed by atoms with van der Waals surface area (Å²) in [5, 5.41) is -0.545. The summed E-state index contributed by atoms with van der Waals surface area (Å²) in [5.41, 5.74) is 5.79. The fourth-order valence-electron chi connectivity index (χ4n) is 2.86. The van der Waals surface area contributed by atoms with E-state index in [1.54, 1.807) is 31.2 Å². The summed E-state index contributed by atoms with van der Waals surface area (Å²) in [6, 6.07) is 9.32. The molecule has 2 aromatic rings. The average molecular weight is 491 g/mol. The first-order chi connectivity index (χ1) is 15.7. The number of ether oxygens (including phenoxy) is 3. The summed E-state index contributed by atoms with van der Waals surface area (Å²) in [4.78, 5) is 49.0. The van der Waals surface area contributed by atoms with Crippen molar-refractivity contribution in [3.8, 4) is 17.2 Å². The maximum absolute atomic E-state index is 12.6. The van der Waals surface area contributed by atoms with Gasteiger partial charge in [0.25, 0.3) is 11.1 Å². The third kappa shape index (κ3) is 5.65. The van der Waals surface area contributed by atoms with Gasteiger partial charge in [-0.2, -0.15) is 0 Å². The van der Waals surface area contributed by atoms with Crippen LogP contribution in [0, 0.1) is 0 Å².